The molecule has 2 rings (SSSR count). The fraction of sp³-hybridized carbons (Fsp3) is 0.500. The second kappa shape index (κ2) is 6.03. The third-order valence-corrected chi connectivity index (χ3v) is 5.45. The van der Waals surface area contributed by atoms with Crippen molar-refractivity contribution in [1.82, 2.24) is 9.62 Å². The van der Waals surface area contributed by atoms with Gasteiger partial charge in [-0.3, -0.25) is 4.79 Å². The molecule has 1 aromatic carbocycles. The average Bonchev–Trinajstić information content (AvgIpc) is 2.95. The number of hydrogen-bond donors (Lipinski definition) is 2. The fourth-order valence-electron chi connectivity index (χ4n) is 2.47. The minimum absolute atomic E-state index is 0.0664. The van der Waals surface area contributed by atoms with E-state index in [1.54, 1.807) is 24.0 Å². The minimum atomic E-state index is -3.79. The Kier molecular flexibility index (Phi) is 4.53. The first-order valence-electron chi connectivity index (χ1n) is 6.96. The second-order valence-electron chi connectivity index (χ2n) is 5.34. The number of amides is 1. The maximum atomic E-state index is 12.4. The molecule has 1 aliphatic heterocycles. The van der Waals surface area contributed by atoms with Gasteiger partial charge < -0.3 is 10.6 Å². The summed E-state index contributed by atoms with van der Waals surface area (Å²) in [6.45, 7) is 4.71. The second-order valence-corrected chi connectivity index (χ2v) is 7.04. The number of benzene rings is 1. The molecule has 0 aliphatic carbocycles. The molecule has 1 saturated heterocycles. The number of rotatable bonds is 4. The number of carbonyl (C=O) groups excluding carboxylic acids is 1. The van der Waals surface area contributed by atoms with E-state index in [9.17, 15) is 13.2 Å². The number of nitrogens with one attached hydrogen (secondary N) is 1. The van der Waals surface area contributed by atoms with Crippen LogP contribution in [0, 0.1) is 13.8 Å². The lowest BCUT2D eigenvalue weighted by Crippen LogP contribution is -2.39. The molecule has 21 heavy (non-hydrogen) atoms. The van der Waals surface area contributed by atoms with Gasteiger partial charge in [-0.25, -0.2) is 13.1 Å². The molecule has 0 atom stereocenters. The monoisotopic (exact) mass is 311 g/mol. The molecule has 1 aromatic rings. The van der Waals surface area contributed by atoms with E-state index in [1.807, 2.05) is 6.92 Å². The van der Waals surface area contributed by atoms with E-state index in [1.165, 1.54) is 0 Å². The minimum Gasteiger partial charge on any atom is -0.398 e. The van der Waals surface area contributed by atoms with Crippen molar-refractivity contribution in [3.63, 3.8) is 0 Å². The number of aryl methyl sites for hydroxylation is 1. The Morgan fingerprint density at radius 2 is 1.90 bits per heavy atom. The molecule has 6 nitrogen and oxygen atoms in total. The molecule has 0 saturated carbocycles. The lowest BCUT2D eigenvalue weighted by Gasteiger charge is -2.17. The zero-order valence-electron chi connectivity index (χ0n) is 12.3. The van der Waals surface area contributed by atoms with Gasteiger partial charge in [0, 0.05) is 13.1 Å². The summed E-state index contributed by atoms with van der Waals surface area (Å²) in [6, 6.07) is 3.35. The largest absolute Gasteiger partial charge is 0.398 e. The van der Waals surface area contributed by atoms with E-state index < -0.39 is 10.0 Å². The number of carbonyl (C=O) groups is 1. The number of anilines is 1. The Morgan fingerprint density at radius 3 is 2.52 bits per heavy atom. The lowest BCUT2D eigenvalue weighted by molar-refractivity contribution is -0.128. The highest BCUT2D eigenvalue weighted by Gasteiger charge is 2.24. The van der Waals surface area contributed by atoms with Crippen LogP contribution in [-0.4, -0.2) is 38.9 Å². The van der Waals surface area contributed by atoms with Crippen LogP contribution in [0.15, 0.2) is 17.0 Å². The highest BCUT2D eigenvalue weighted by Crippen LogP contribution is 2.24. The molecule has 0 unspecified atom stereocenters. The van der Waals surface area contributed by atoms with E-state index in [0.29, 0.717) is 18.7 Å². The number of likely N-dealkylation sites (tertiary alicyclic amines) is 1. The standard InChI is InChI=1S/C14H21N3O3S/c1-10-5-6-12(15)14(11(10)2)21(19,20)16-9-13(18)17-7-3-4-8-17/h5-6,16H,3-4,7-9,15H2,1-2H3. The highest BCUT2D eigenvalue weighted by atomic mass is 32.2. The summed E-state index contributed by atoms with van der Waals surface area (Å²) in [5.41, 5.74) is 7.43. The van der Waals surface area contributed by atoms with Crippen LogP contribution in [0.1, 0.15) is 24.0 Å². The van der Waals surface area contributed by atoms with Gasteiger partial charge in [0.1, 0.15) is 4.90 Å². The van der Waals surface area contributed by atoms with Gasteiger partial charge in [-0.05, 0) is 43.9 Å². The van der Waals surface area contributed by atoms with Crippen molar-refractivity contribution in [3.8, 4) is 0 Å². The number of nitrogens with zero attached hydrogens (tertiary/aromatic N) is 1. The van der Waals surface area contributed by atoms with Gasteiger partial charge in [-0.2, -0.15) is 0 Å². The summed E-state index contributed by atoms with van der Waals surface area (Å²) in [5.74, 6) is -0.194. The predicted octanol–water partition coefficient (Wildman–Crippen LogP) is 0.786. The quantitative estimate of drug-likeness (QED) is 0.804. The van der Waals surface area contributed by atoms with Gasteiger partial charge in [-0.15, -0.1) is 0 Å². The number of nitrogens with two attached hydrogens (primary N) is 1. The van der Waals surface area contributed by atoms with Crippen LogP contribution in [0.4, 0.5) is 5.69 Å². The zero-order chi connectivity index (χ0) is 15.6. The number of sulfonamides is 1. The van der Waals surface area contributed by atoms with Crippen molar-refractivity contribution < 1.29 is 13.2 Å². The van der Waals surface area contributed by atoms with Crippen LogP contribution in [0.5, 0.6) is 0 Å². The van der Waals surface area contributed by atoms with Gasteiger partial charge >= 0.3 is 0 Å². The van der Waals surface area contributed by atoms with E-state index in [4.69, 9.17) is 5.73 Å². The van der Waals surface area contributed by atoms with Crippen LogP contribution in [0.2, 0.25) is 0 Å². The Hall–Kier alpha value is -1.60. The molecule has 0 bridgehead atoms. The smallest absolute Gasteiger partial charge is 0.243 e. The maximum Gasteiger partial charge on any atom is 0.243 e. The molecule has 0 aromatic heterocycles. The van der Waals surface area contributed by atoms with Crippen molar-refractivity contribution in [2.45, 2.75) is 31.6 Å². The third-order valence-electron chi connectivity index (χ3n) is 3.85. The molecule has 116 valence electrons. The molecule has 7 heteroatoms. The van der Waals surface area contributed by atoms with Crippen molar-refractivity contribution >= 4 is 21.6 Å². The molecule has 0 radical (unpaired) electrons. The normalized spacial score (nSPS) is 15.4. The van der Waals surface area contributed by atoms with Crippen LogP contribution in [0.25, 0.3) is 0 Å². The molecule has 1 amide bonds. The van der Waals surface area contributed by atoms with Gasteiger partial charge in [0.2, 0.25) is 15.9 Å². The Labute approximate surface area is 125 Å². The van der Waals surface area contributed by atoms with Crippen LogP contribution in [-0.2, 0) is 14.8 Å². The van der Waals surface area contributed by atoms with E-state index in [2.05, 4.69) is 4.72 Å². The fourth-order valence-corrected chi connectivity index (χ4v) is 3.88. The summed E-state index contributed by atoms with van der Waals surface area (Å²) < 4.78 is 27.1. The number of hydrogen-bond acceptors (Lipinski definition) is 4. The van der Waals surface area contributed by atoms with Crippen LogP contribution >= 0.6 is 0 Å². The van der Waals surface area contributed by atoms with Gasteiger partial charge in [0.15, 0.2) is 0 Å². The van der Waals surface area contributed by atoms with Crippen molar-refractivity contribution in [2.24, 2.45) is 0 Å². The third kappa shape index (κ3) is 3.36. The first-order chi connectivity index (χ1) is 9.83. The molecule has 1 fully saturated rings. The van der Waals surface area contributed by atoms with E-state index in [-0.39, 0.29) is 23.0 Å². The first-order valence-corrected chi connectivity index (χ1v) is 8.44. The predicted molar refractivity (Wildman–Crippen MR) is 81.3 cm³/mol. The number of nitrogen functional groups attached to an aromatic ring is 1. The molecule has 0 spiro atoms. The lowest BCUT2D eigenvalue weighted by atomic mass is 10.1. The van der Waals surface area contributed by atoms with Gasteiger partial charge in [-0.1, -0.05) is 6.07 Å². The first kappa shape index (κ1) is 15.8. The van der Waals surface area contributed by atoms with Gasteiger partial charge in [0.05, 0.1) is 12.2 Å². The van der Waals surface area contributed by atoms with Crippen LogP contribution < -0.4 is 10.5 Å². The summed E-state index contributed by atoms with van der Waals surface area (Å²) >= 11 is 0. The summed E-state index contributed by atoms with van der Waals surface area (Å²) in [4.78, 5) is 13.7. The zero-order valence-corrected chi connectivity index (χ0v) is 13.2. The van der Waals surface area contributed by atoms with E-state index >= 15 is 0 Å². The molecular weight excluding hydrogens is 290 g/mol. The highest BCUT2D eigenvalue weighted by molar-refractivity contribution is 7.89. The van der Waals surface area contributed by atoms with Gasteiger partial charge in [0.25, 0.3) is 0 Å². The SMILES string of the molecule is Cc1ccc(N)c(S(=O)(=O)NCC(=O)N2CCCC2)c1C. The molecule has 1 heterocycles. The molecule has 1 aliphatic rings. The molecule has 3 N–H and O–H groups in total. The summed E-state index contributed by atoms with van der Waals surface area (Å²) in [6.07, 6.45) is 1.95. The van der Waals surface area contributed by atoms with Crippen molar-refractivity contribution in [2.75, 3.05) is 25.4 Å². The Morgan fingerprint density at radius 1 is 1.29 bits per heavy atom. The Balaban J connectivity index is 2.15. The average molecular weight is 311 g/mol. The topological polar surface area (TPSA) is 92.5 Å². The van der Waals surface area contributed by atoms with Crippen molar-refractivity contribution in [3.05, 3.63) is 23.3 Å². The Bertz CT molecular complexity index is 650. The van der Waals surface area contributed by atoms with Crippen molar-refractivity contribution in [1.29, 1.82) is 0 Å². The van der Waals surface area contributed by atoms with E-state index in [0.717, 1.165) is 18.4 Å². The van der Waals surface area contributed by atoms with Crippen LogP contribution in [0.3, 0.4) is 0 Å². The summed E-state index contributed by atoms with van der Waals surface area (Å²) in [7, 11) is -3.79. The maximum absolute atomic E-state index is 12.4. The molecular formula is C14H21N3O3S. The summed E-state index contributed by atoms with van der Waals surface area (Å²) in [5, 5.41) is 0.